The first kappa shape index (κ1) is 18.2. The fourth-order valence-electron chi connectivity index (χ4n) is 3.35. The van der Waals surface area contributed by atoms with E-state index in [1.54, 1.807) is 18.0 Å². The molecule has 140 valence electrons. The van der Waals surface area contributed by atoms with Gasteiger partial charge in [-0.2, -0.15) is 0 Å². The lowest BCUT2D eigenvalue weighted by Gasteiger charge is -2.21. The number of nitrogens with zero attached hydrogens (tertiary/aromatic N) is 4. The highest BCUT2D eigenvalue weighted by Crippen LogP contribution is 2.19. The van der Waals surface area contributed by atoms with Crippen LogP contribution < -0.4 is 16.0 Å². The van der Waals surface area contributed by atoms with Gasteiger partial charge in [0.25, 0.3) is 5.56 Å². The van der Waals surface area contributed by atoms with Gasteiger partial charge in [-0.25, -0.2) is 14.3 Å². The van der Waals surface area contributed by atoms with Gasteiger partial charge in [-0.1, -0.05) is 12.8 Å². The zero-order valence-corrected chi connectivity index (χ0v) is 15.2. The molecule has 1 saturated heterocycles. The third-order valence-electron chi connectivity index (χ3n) is 4.74. The molecule has 0 atom stereocenters. The van der Waals surface area contributed by atoms with E-state index in [1.165, 1.54) is 10.8 Å². The summed E-state index contributed by atoms with van der Waals surface area (Å²) >= 11 is 0. The minimum absolute atomic E-state index is 0.202. The van der Waals surface area contributed by atoms with Crippen molar-refractivity contribution < 1.29 is 9.53 Å². The maximum Gasteiger partial charge on any atom is 0.332 e. The zero-order valence-electron chi connectivity index (χ0n) is 15.2. The zero-order chi connectivity index (χ0) is 18.7. The Morgan fingerprint density at radius 2 is 1.88 bits per heavy atom. The molecule has 8 heteroatoms. The van der Waals surface area contributed by atoms with Crippen molar-refractivity contribution in [1.29, 1.82) is 0 Å². The maximum atomic E-state index is 12.9. The fourth-order valence-corrected chi connectivity index (χ4v) is 3.35. The van der Waals surface area contributed by atoms with E-state index < -0.39 is 11.2 Å². The van der Waals surface area contributed by atoms with Crippen molar-refractivity contribution in [3.8, 4) is 5.75 Å². The van der Waals surface area contributed by atoms with Crippen molar-refractivity contribution in [3.63, 3.8) is 0 Å². The summed E-state index contributed by atoms with van der Waals surface area (Å²) in [6, 6.07) is 1.60. The molecule has 26 heavy (non-hydrogen) atoms. The van der Waals surface area contributed by atoms with E-state index >= 15 is 0 Å². The molecule has 2 aromatic heterocycles. The molecule has 0 bridgehead atoms. The van der Waals surface area contributed by atoms with Gasteiger partial charge in [-0.15, -0.1) is 0 Å². The van der Waals surface area contributed by atoms with E-state index in [1.807, 2.05) is 6.92 Å². The minimum Gasteiger partial charge on any atom is -0.493 e. The number of aryl methyl sites for hydroxylation is 1. The molecular formula is C18H24N4O4. The van der Waals surface area contributed by atoms with Gasteiger partial charge in [-0.3, -0.25) is 14.2 Å². The molecule has 0 saturated carbocycles. The molecule has 0 spiro atoms. The number of hydrogen-bond donors (Lipinski definition) is 0. The molecule has 3 rings (SSSR count). The normalized spacial score (nSPS) is 15.1. The topological polar surface area (TPSA) is 86.4 Å². The van der Waals surface area contributed by atoms with Gasteiger partial charge in [0.2, 0.25) is 5.91 Å². The lowest BCUT2D eigenvalue weighted by atomic mass is 10.2. The van der Waals surface area contributed by atoms with Crippen molar-refractivity contribution in [2.24, 2.45) is 7.05 Å². The highest BCUT2D eigenvalue weighted by Gasteiger charge is 2.21. The molecule has 0 aliphatic carbocycles. The second-order valence-electron chi connectivity index (χ2n) is 6.47. The molecule has 3 heterocycles. The number of aromatic nitrogens is 3. The van der Waals surface area contributed by atoms with Gasteiger partial charge in [-0.05, 0) is 25.8 Å². The summed E-state index contributed by atoms with van der Waals surface area (Å²) in [6.45, 7) is 3.28. The second-order valence-corrected chi connectivity index (χ2v) is 6.47. The Labute approximate surface area is 151 Å². The van der Waals surface area contributed by atoms with Crippen LogP contribution in [0.15, 0.2) is 21.9 Å². The van der Waals surface area contributed by atoms with Crippen LogP contribution in [0.3, 0.4) is 0 Å². The van der Waals surface area contributed by atoms with Crippen molar-refractivity contribution in [2.75, 3.05) is 19.7 Å². The second kappa shape index (κ2) is 7.72. The number of likely N-dealkylation sites (tertiary alicyclic amines) is 1. The van der Waals surface area contributed by atoms with Crippen LogP contribution in [0, 0.1) is 0 Å². The molecule has 2 aromatic rings. The van der Waals surface area contributed by atoms with E-state index in [0.717, 1.165) is 30.3 Å². The highest BCUT2D eigenvalue weighted by atomic mass is 16.5. The van der Waals surface area contributed by atoms with Crippen LogP contribution >= 0.6 is 0 Å². The van der Waals surface area contributed by atoms with Gasteiger partial charge < -0.3 is 9.64 Å². The number of amides is 1. The van der Waals surface area contributed by atoms with Gasteiger partial charge >= 0.3 is 5.69 Å². The minimum atomic E-state index is -0.549. The van der Waals surface area contributed by atoms with Crippen LogP contribution in [0.25, 0.3) is 11.0 Å². The van der Waals surface area contributed by atoms with Crippen molar-refractivity contribution in [3.05, 3.63) is 33.1 Å². The first-order chi connectivity index (χ1) is 12.5. The van der Waals surface area contributed by atoms with Crippen molar-refractivity contribution >= 4 is 16.9 Å². The number of carbonyl (C=O) groups is 1. The fraction of sp³-hybridized carbons (Fsp3) is 0.556. The number of hydrogen-bond acceptors (Lipinski definition) is 5. The largest absolute Gasteiger partial charge is 0.493 e. The lowest BCUT2D eigenvalue weighted by Crippen LogP contribution is -2.44. The standard InChI is InChI=1S/C18H24N4O4/c1-3-26-13-8-9-19-16-15(13)17(24)22(18(25)20(16)2)12-14(23)21-10-6-4-5-7-11-21/h8-9H,3-7,10-12H2,1-2H3. The smallest absolute Gasteiger partial charge is 0.332 e. The molecule has 8 nitrogen and oxygen atoms in total. The molecule has 0 radical (unpaired) electrons. The Morgan fingerprint density at radius 3 is 2.54 bits per heavy atom. The number of ether oxygens (including phenoxy) is 1. The van der Waals surface area contributed by atoms with Crippen LogP contribution in [-0.2, 0) is 18.4 Å². The van der Waals surface area contributed by atoms with Crippen LogP contribution in [0.5, 0.6) is 5.75 Å². The van der Waals surface area contributed by atoms with Crippen LogP contribution in [0.4, 0.5) is 0 Å². The van der Waals surface area contributed by atoms with E-state index in [0.29, 0.717) is 25.4 Å². The average molecular weight is 360 g/mol. The van der Waals surface area contributed by atoms with E-state index in [4.69, 9.17) is 4.74 Å². The third kappa shape index (κ3) is 3.36. The van der Waals surface area contributed by atoms with Gasteiger partial charge in [0, 0.05) is 26.3 Å². The SMILES string of the molecule is CCOc1ccnc2c1c(=O)n(CC(=O)N1CCCCCC1)c(=O)n2C. The Balaban J connectivity index is 2.05. The molecule has 1 amide bonds. The maximum absolute atomic E-state index is 12.9. The number of carbonyl (C=O) groups excluding carboxylic acids is 1. The first-order valence-corrected chi connectivity index (χ1v) is 9.03. The monoisotopic (exact) mass is 360 g/mol. The summed E-state index contributed by atoms with van der Waals surface area (Å²) in [6.07, 6.45) is 5.61. The quantitative estimate of drug-likeness (QED) is 0.808. The van der Waals surface area contributed by atoms with E-state index in [2.05, 4.69) is 4.98 Å². The summed E-state index contributed by atoms with van der Waals surface area (Å²) in [7, 11) is 1.54. The van der Waals surface area contributed by atoms with Crippen molar-refractivity contribution in [2.45, 2.75) is 39.2 Å². The number of rotatable bonds is 4. The predicted molar refractivity (Wildman–Crippen MR) is 97.5 cm³/mol. The van der Waals surface area contributed by atoms with Gasteiger partial charge in [0.15, 0.2) is 5.65 Å². The molecule has 1 fully saturated rings. The number of pyridine rings is 1. The van der Waals surface area contributed by atoms with E-state index in [-0.39, 0.29) is 23.5 Å². The number of fused-ring (bicyclic) bond motifs is 1. The predicted octanol–water partition coefficient (Wildman–Crippen LogP) is 0.896. The van der Waals surface area contributed by atoms with E-state index in [9.17, 15) is 14.4 Å². The molecule has 1 aliphatic heterocycles. The summed E-state index contributed by atoms with van der Waals surface area (Å²) in [5.41, 5.74) is -0.834. The molecule has 0 aromatic carbocycles. The Bertz CT molecular complexity index is 923. The van der Waals surface area contributed by atoms with Gasteiger partial charge in [0.05, 0.1) is 6.61 Å². The molecule has 1 aliphatic rings. The lowest BCUT2D eigenvalue weighted by molar-refractivity contribution is -0.131. The highest BCUT2D eigenvalue weighted by molar-refractivity contribution is 5.82. The van der Waals surface area contributed by atoms with Crippen LogP contribution in [0.2, 0.25) is 0 Å². The first-order valence-electron chi connectivity index (χ1n) is 9.03. The molecule has 0 N–H and O–H groups in total. The molecule has 0 unspecified atom stereocenters. The third-order valence-corrected chi connectivity index (χ3v) is 4.74. The summed E-state index contributed by atoms with van der Waals surface area (Å²) < 4.78 is 7.80. The van der Waals surface area contributed by atoms with Crippen molar-refractivity contribution in [1.82, 2.24) is 19.0 Å². The van der Waals surface area contributed by atoms with Crippen LogP contribution in [0.1, 0.15) is 32.6 Å². The summed E-state index contributed by atoms with van der Waals surface area (Å²) in [4.78, 5) is 44.1. The average Bonchev–Trinajstić information content (AvgIpc) is 2.93. The summed E-state index contributed by atoms with van der Waals surface area (Å²) in [5, 5.41) is 0.222. The van der Waals surface area contributed by atoms with Gasteiger partial charge in [0.1, 0.15) is 17.7 Å². The Morgan fingerprint density at radius 1 is 1.19 bits per heavy atom. The summed E-state index contributed by atoms with van der Waals surface area (Å²) in [5.74, 6) is 0.168. The van der Waals surface area contributed by atoms with Crippen LogP contribution in [-0.4, -0.2) is 44.6 Å². The Hall–Kier alpha value is -2.64. The Kier molecular flexibility index (Phi) is 5.39. The molecular weight excluding hydrogens is 336 g/mol.